The van der Waals surface area contributed by atoms with E-state index in [0.29, 0.717) is 25.1 Å². The molecular weight excluding hydrogens is 361 g/mol. The SMILES string of the molecule is COc1ccc2c(c1C(=O)O)OB(O)C(SCC(=O)N1CC(C=O)C1)C2. The second-order valence-corrected chi connectivity index (χ2v) is 7.42. The number of benzene rings is 1. The second-order valence-electron chi connectivity index (χ2n) is 6.19. The van der Waals surface area contributed by atoms with E-state index in [4.69, 9.17) is 9.39 Å². The van der Waals surface area contributed by atoms with Crippen LogP contribution in [0, 0.1) is 5.92 Å². The number of hydrogen-bond acceptors (Lipinski definition) is 7. The molecule has 3 rings (SSSR count). The maximum atomic E-state index is 12.1. The minimum Gasteiger partial charge on any atom is -0.534 e. The zero-order valence-electron chi connectivity index (χ0n) is 14.1. The third-order valence-electron chi connectivity index (χ3n) is 4.49. The standard InChI is InChI=1S/C16H18BNO7S/c1-24-11-3-2-10-4-12(17(23)25-15(10)14(11)16(21)22)26-8-13(20)18-5-9(6-18)7-19/h2-3,7,9,12,23H,4-6,8H2,1H3,(H,21,22). The molecular formula is C16H18BNO7S. The Balaban J connectivity index is 1.66. The zero-order chi connectivity index (χ0) is 18.8. The largest absolute Gasteiger partial charge is 0.536 e. The van der Waals surface area contributed by atoms with Crippen molar-refractivity contribution in [3.05, 3.63) is 23.3 Å². The van der Waals surface area contributed by atoms with Gasteiger partial charge in [-0.15, -0.1) is 11.8 Å². The van der Waals surface area contributed by atoms with Gasteiger partial charge in [-0.2, -0.15) is 0 Å². The number of amides is 1. The molecule has 0 saturated carbocycles. The Bertz CT molecular complexity index is 738. The van der Waals surface area contributed by atoms with E-state index in [-0.39, 0.29) is 34.6 Å². The van der Waals surface area contributed by atoms with Crippen LogP contribution in [0.3, 0.4) is 0 Å². The molecule has 2 aliphatic heterocycles. The number of aldehydes is 1. The van der Waals surface area contributed by atoms with Gasteiger partial charge in [-0.1, -0.05) is 6.07 Å². The summed E-state index contributed by atoms with van der Waals surface area (Å²) in [6.45, 7) is 0.883. The number of carbonyl (C=O) groups excluding carboxylic acids is 2. The van der Waals surface area contributed by atoms with Crippen LogP contribution in [0.15, 0.2) is 12.1 Å². The Hall–Kier alpha value is -2.20. The van der Waals surface area contributed by atoms with Crippen molar-refractivity contribution in [2.45, 2.75) is 11.6 Å². The van der Waals surface area contributed by atoms with Crippen LogP contribution in [-0.4, -0.2) is 71.4 Å². The van der Waals surface area contributed by atoms with E-state index in [2.05, 4.69) is 0 Å². The second kappa shape index (κ2) is 7.59. The van der Waals surface area contributed by atoms with Crippen molar-refractivity contribution in [3.63, 3.8) is 0 Å². The molecule has 2 N–H and O–H groups in total. The molecule has 0 aliphatic carbocycles. The lowest BCUT2D eigenvalue weighted by Gasteiger charge is -2.36. The maximum Gasteiger partial charge on any atom is 0.536 e. The van der Waals surface area contributed by atoms with Gasteiger partial charge in [0.15, 0.2) is 0 Å². The third kappa shape index (κ3) is 3.52. The van der Waals surface area contributed by atoms with Gasteiger partial charge >= 0.3 is 13.1 Å². The summed E-state index contributed by atoms with van der Waals surface area (Å²) >= 11 is 1.25. The number of carboxylic acids is 1. The Morgan fingerprint density at radius 3 is 2.81 bits per heavy atom. The lowest BCUT2D eigenvalue weighted by molar-refractivity contribution is -0.136. The van der Waals surface area contributed by atoms with Gasteiger partial charge in [-0.05, 0) is 18.1 Å². The number of fused-ring (bicyclic) bond motifs is 1. The van der Waals surface area contributed by atoms with Gasteiger partial charge in [0.1, 0.15) is 23.3 Å². The monoisotopic (exact) mass is 379 g/mol. The molecule has 1 saturated heterocycles. The minimum atomic E-state index is -1.23. The van der Waals surface area contributed by atoms with Gasteiger partial charge in [0.2, 0.25) is 5.91 Å². The number of carboxylic acid groups (broad SMARTS) is 1. The molecule has 2 aliphatic rings. The van der Waals surface area contributed by atoms with E-state index >= 15 is 0 Å². The van der Waals surface area contributed by atoms with Crippen LogP contribution in [0.5, 0.6) is 11.5 Å². The fraction of sp³-hybridized carbons (Fsp3) is 0.438. The van der Waals surface area contributed by atoms with Gasteiger partial charge in [-0.25, -0.2) is 4.79 Å². The number of hydrogen-bond donors (Lipinski definition) is 2. The first-order valence-electron chi connectivity index (χ1n) is 8.07. The fourth-order valence-corrected chi connectivity index (χ4v) is 4.06. The van der Waals surface area contributed by atoms with Crippen LogP contribution < -0.4 is 9.39 Å². The van der Waals surface area contributed by atoms with Crippen LogP contribution in [0.1, 0.15) is 15.9 Å². The predicted octanol–water partition coefficient (Wildman–Crippen LogP) is 0.107. The highest BCUT2D eigenvalue weighted by Gasteiger charge is 2.39. The van der Waals surface area contributed by atoms with E-state index in [0.717, 1.165) is 6.29 Å². The molecule has 1 atom stereocenters. The van der Waals surface area contributed by atoms with Gasteiger partial charge in [-0.3, -0.25) is 4.79 Å². The Kier molecular flexibility index (Phi) is 5.42. The van der Waals surface area contributed by atoms with Crippen molar-refractivity contribution in [2.75, 3.05) is 26.0 Å². The summed E-state index contributed by atoms with van der Waals surface area (Å²) in [6, 6.07) is 3.25. The van der Waals surface area contributed by atoms with Crippen molar-refractivity contribution in [1.29, 1.82) is 0 Å². The van der Waals surface area contributed by atoms with Crippen molar-refractivity contribution in [3.8, 4) is 11.5 Å². The average molecular weight is 379 g/mol. The molecule has 138 valence electrons. The molecule has 1 amide bonds. The predicted molar refractivity (Wildman–Crippen MR) is 94.6 cm³/mol. The summed E-state index contributed by atoms with van der Waals surface area (Å²) in [6.07, 6.45) is 1.22. The van der Waals surface area contributed by atoms with E-state index in [9.17, 15) is 24.5 Å². The highest BCUT2D eigenvalue weighted by Crippen LogP contribution is 2.38. The Morgan fingerprint density at radius 1 is 1.46 bits per heavy atom. The molecule has 26 heavy (non-hydrogen) atoms. The summed E-state index contributed by atoms with van der Waals surface area (Å²) in [5, 5.41) is 19.2. The Morgan fingerprint density at radius 2 is 2.19 bits per heavy atom. The van der Waals surface area contributed by atoms with Gasteiger partial charge < -0.3 is 29.2 Å². The van der Waals surface area contributed by atoms with Crippen molar-refractivity contribution >= 4 is 37.0 Å². The molecule has 0 aromatic heterocycles. The highest BCUT2D eigenvalue weighted by atomic mass is 32.2. The summed E-state index contributed by atoms with van der Waals surface area (Å²) in [4.78, 5) is 35.8. The van der Waals surface area contributed by atoms with Crippen LogP contribution in [0.4, 0.5) is 0 Å². The molecule has 2 heterocycles. The third-order valence-corrected chi connectivity index (χ3v) is 5.73. The lowest BCUT2D eigenvalue weighted by Crippen LogP contribution is -2.51. The molecule has 8 nitrogen and oxygen atoms in total. The van der Waals surface area contributed by atoms with E-state index in [1.807, 2.05) is 0 Å². The number of likely N-dealkylation sites (tertiary alicyclic amines) is 1. The number of thioether (sulfide) groups is 1. The summed E-state index contributed by atoms with van der Waals surface area (Å²) in [7, 11) is 0.132. The smallest absolute Gasteiger partial charge is 0.534 e. The molecule has 0 spiro atoms. The van der Waals surface area contributed by atoms with Gasteiger partial charge in [0.25, 0.3) is 0 Å². The van der Waals surface area contributed by atoms with E-state index in [1.54, 1.807) is 17.0 Å². The quantitative estimate of drug-likeness (QED) is 0.529. The first-order valence-corrected chi connectivity index (χ1v) is 9.12. The van der Waals surface area contributed by atoms with Crippen molar-refractivity contribution in [2.24, 2.45) is 5.92 Å². The number of nitrogens with zero attached hydrogens (tertiary/aromatic N) is 1. The maximum absolute atomic E-state index is 12.1. The number of rotatable bonds is 6. The molecule has 10 heteroatoms. The Labute approximate surface area is 154 Å². The molecule has 1 aromatic carbocycles. The van der Waals surface area contributed by atoms with Crippen molar-refractivity contribution < 1.29 is 33.9 Å². The van der Waals surface area contributed by atoms with Crippen molar-refractivity contribution in [1.82, 2.24) is 4.90 Å². The zero-order valence-corrected chi connectivity index (χ0v) is 14.9. The molecule has 1 fully saturated rings. The fourth-order valence-electron chi connectivity index (χ4n) is 3.00. The van der Waals surface area contributed by atoms with Crippen LogP contribution in [0.25, 0.3) is 0 Å². The lowest BCUT2D eigenvalue weighted by atomic mass is 9.77. The van der Waals surface area contributed by atoms with E-state index < -0.39 is 18.2 Å². The molecule has 0 bridgehead atoms. The highest BCUT2D eigenvalue weighted by molar-refractivity contribution is 8.01. The molecule has 1 aromatic rings. The number of carbonyl (C=O) groups is 3. The van der Waals surface area contributed by atoms with Crippen LogP contribution in [-0.2, 0) is 16.0 Å². The number of aromatic carboxylic acids is 1. The first kappa shape index (κ1) is 18.6. The van der Waals surface area contributed by atoms with Gasteiger partial charge in [0, 0.05) is 19.0 Å². The summed E-state index contributed by atoms with van der Waals surface area (Å²) in [5.41, 5.74) is 0.521. The molecule has 0 radical (unpaired) electrons. The normalized spacial score (nSPS) is 19.2. The topological polar surface area (TPSA) is 113 Å². The number of ether oxygens (including phenoxy) is 1. The average Bonchev–Trinajstić information content (AvgIpc) is 2.57. The first-order chi connectivity index (χ1) is 12.4. The molecule has 1 unspecified atom stereocenters. The van der Waals surface area contributed by atoms with Gasteiger partial charge in [0.05, 0.1) is 18.0 Å². The summed E-state index contributed by atoms with van der Waals surface area (Å²) < 4.78 is 10.5. The summed E-state index contributed by atoms with van der Waals surface area (Å²) in [5.74, 6) is -0.949. The van der Waals surface area contributed by atoms with Crippen LogP contribution >= 0.6 is 11.8 Å². The number of methoxy groups -OCH3 is 1. The minimum absolute atomic E-state index is 0.0798. The van der Waals surface area contributed by atoms with Crippen LogP contribution in [0.2, 0.25) is 0 Å². The van der Waals surface area contributed by atoms with E-state index in [1.165, 1.54) is 18.9 Å².